The van der Waals surface area contributed by atoms with Gasteiger partial charge in [-0.2, -0.15) is 0 Å². The molecule has 19 heavy (non-hydrogen) atoms. The summed E-state index contributed by atoms with van der Waals surface area (Å²) in [5.41, 5.74) is 4.55. The summed E-state index contributed by atoms with van der Waals surface area (Å²) in [6.07, 6.45) is 1.91. The van der Waals surface area contributed by atoms with Crippen LogP contribution in [-0.4, -0.2) is 23.7 Å². The molecule has 0 saturated heterocycles. The third kappa shape index (κ3) is 2.49. The maximum absolute atomic E-state index is 5.55. The summed E-state index contributed by atoms with van der Waals surface area (Å²) in [6, 6.07) is 4.28. The van der Waals surface area contributed by atoms with E-state index < -0.39 is 0 Å². The van der Waals surface area contributed by atoms with Gasteiger partial charge in [0.25, 0.3) is 0 Å². The number of benzene rings is 1. The first-order chi connectivity index (χ1) is 9.08. The van der Waals surface area contributed by atoms with Crippen molar-refractivity contribution in [1.82, 2.24) is 14.9 Å². The molecule has 0 aliphatic rings. The lowest BCUT2D eigenvalue weighted by Gasteiger charge is -2.13. The SMILES string of the molecule is CNCc1ncc(-c2cc(C)cc(C)c2OC)n1C. The van der Waals surface area contributed by atoms with E-state index in [-0.39, 0.29) is 0 Å². The minimum atomic E-state index is 0.754. The highest BCUT2D eigenvalue weighted by Crippen LogP contribution is 2.34. The van der Waals surface area contributed by atoms with E-state index in [1.54, 1.807) is 7.11 Å². The van der Waals surface area contributed by atoms with Crippen molar-refractivity contribution in [3.05, 3.63) is 35.3 Å². The standard InChI is InChI=1S/C15H21N3O/c1-10-6-11(2)15(19-5)12(7-10)13-8-17-14(9-16-3)18(13)4/h6-8,16H,9H2,1-5H3. The summed E-state index contributed by atoms with van der Waals surface area (Å²) < 4.78 is 7.66. The number of hydrogen-bond donors (Lipinski definition) is 1. The molecule has 1 N–H and O–H groups in total. The highest BCUT2D eigenvalue weighted by molar-refractivity contribution is 5.70. The van der Waals surface area contributed by atoms with Crippen LogP contribution in [0.1, 0.15) is 17.0 Å². The Labute approximate surface area is 114 Å². The van der Waals surface area contributed by atoms with Crippen LogP contribution in [0.4, 0.5) is 0 Å². The van der Waals surface area contributed by atoms with Gasteiger partial charge in [0.05, 0.1) is 25.5 Å². The van der Waals surface area contributed by atoms with Crippen LogP contribution in [0.15, 0.2) is 18.3 Å². The number of aryl methyl sites for hydroxylation is 2. The average Bonchev–Trinajstić information content (AvgIpc) is 2.71. The molecular weight excluding hydrogens is 238 g/mol. The van der Waals surface area contributed by atoms with Crippen LogP contribution < -0.4 is 10.1 Å². The van der Waals surface area contributed by atoms with Gasteiger partial charge in [0.15, 0.2) is 0 Å². The molecule has 0 aliphatic heterocycles. The predicted molar refractivity (Wildman–Crippen MR) is 77.4 cm³/mol. The minimum Gasteiger partial charge on any atom is -0.496 e. The van der Waals surface area contributed by atoms with Crippen LogP contribution in [0, 0.1) is 13.8 Å². The molecule has 2 rings (SSSR count). The van der Waals surface area contributed by atoms with Gasteiger partial charge in [-0.25, -0.2) is 4.98 Å². The van der Waals surface area contributed by atoms with E-state index in [4.69, 9.17) is 4.74 Å². The Morgan fingerprint density at radius 3 is 2.68 bits per heavy atom. The molecule has 102 valence electrons. The second-order valence-corrected chi connectivity index (χ2v) is 4.81. The van der Waals surface area contributed by atoms with E-state index in [1.807, 2.05) is 20.3 Å². The minimum absolute atomic E-state index is 0.754. The number of nitrogens with zero attached hydrogens (tertiary/aromatic N) is 2. The molecule has 1 aromatic carbocycles. The first kappa shape index (κ1) is 13.6. The number of nitrogens with one attached hydrogen (secondary N) is 1. The molecule has 1 heterocycles. The summed E-state index contributed by atoms with van der Waals surface area (Å²) in [7, 11) is 5.67. The predicted octanol–water partition coefficient (Wildman–Crippen LogP) is 2.43. The topological polar surface area (TPSA) is 39.1 Å². The van der Waals surface area contributed by atoms with Gasteiger partial charge in [0, 0.05) is 12.6 Å². The van der Waals surface area contributed by atoms with Gasteiger partial charge in [-0.3, -0.25) is 0 Å². The van der Waals surface area contributed by atoms with E-state index in [2.05, 4.69) is 40.8 Å². The molecule has 0 unspecified atom stereocenters. The Kier molecular flexibility index (Phi) is 3.90. The van der Waals surface area contributed by atoms with Gasteiger partial charge in [0.2, 0.25) is 0 Å². The summed E-state index contributed by atoms with van der Waals surface area (Å²) in [5.74, 6) is 1.93. The quantitative estimate of drug-likeness (QED) is 0.916. The highest BCUT2D eigenvalue weighted by atomic mass is 16.5. The highest BCUT2D eigenvalue weighted by Gasteiger charge is 2.14. The molecular formula is C15H21N3O. The fourth-order valence-electron chi connectivity index (χ4n) is 2.44. The Morgan fingerprint density at radius 1 is 1.32 bits per heavy atom. The van der Waals surface area contributed by atoms with E-state index in [0.29, 0.717) is 0 Å². The molecule has 0 spiro atoms. The number of methoxy groups -OCH3 is 1. The second-order valence-electron chi connectivity index (χ2n) is 4.81. The summed E-state index contributed by atoms with van der Waals surface area (Å²) in [5, 5.41) is 3.13. The number of rotatable bonds is 4. The van der Waals surface area contributed by atoms with Gasteiger partial charge >= 0.3 is 0 Å². The molecule has 0 fully saturated rings. The van der Waals surface area contributed by atoms with Crippen molar-refractivity contribution in [1.29, 1.82) is 0 Å². The van der Waals surface area contributed by atoms with Gasteiger partial charge in [-0.05, 0) is 38.1 Å². The maximum Gasteiger partial charge on any atom is 0.131 e. The molecule has 4 nitrogen and oxygen atoms in total. The zero-order valence-electron chi connectivity index (χ0n) is 12.2. The third-order valence-electron chi connectivity index (χ3n) is 3.32. The lowest BCUT2D eigenvalue weighted by molar-refractivity contribution is 0.413. The van der Waals surface area contributed by atoms with Crippen molar-refractivity contribution in [2.24, 2.45) is 7.05 Å². The Hall–Kier alpha value is -1.81. The van der Waals surface area contributed by atoms with Crippen molar-refractivity contribution in [3.8, 4) is 17.0 Å². The van der Waals surface area contributed by atoms with Crippen LogP contribution in [0.25, 0.3) is 11.3 Å². The summed E-state index contributed by atoms with van der Waals surface area (Å²) >= 11 is 0. The summed E-state index contributed by atoms with van der Waals surface area (Å²) in [6.45, 7) is 4.92. The lowest BCUT2D eigenvalue weighted by Crippen LogP contribution is -2.10. The maximum atomic E-state index is 5.55. The largest absolute Gasteiger partial charge is 0.496 e. The molecule has 0 amide bonds. The summed E-state index contributed by atoms with van der Waals surface area (Å²) in [4.78, 5) is 4.46. The van der Waals surface area contributed by atoms with E-state index in [1.165, 1.54) is 5.56 Å². The van der Waals surface area contributed by atoms with Gasteiger partial charge in [0.1, 0.15) is 11.6 Å². The van der Waals surface area contributed by atoms with Crippen LogP contribution in [-0.2, 0) is 13.6 Å². The zero-order chi connectivity index (χ0) is 14.0. The molecule has 2 aromatic rings. The lowest BCUT2D eigenvalue weighted by atomic mass is 10.0. The number of ether oxygens (including phenoxy) is 1. The van der Waals surface area contributed by atoms with E-state index in [0.717, 1.165) is 34.9 Å². The number of hydrogen-bond acceptors (Lipinski definition) is 3. The van der Waals surface area contributed by atoms with E-state index >= 15 is 0 Å². The zero-order valence-corrected chi connectivity index (χ0v) is 12.2. The van der Waals surface area contributed by atoms with Crippen LogP contribution in [0.2, 0.25) is 0 Å². The van der Waals surface area contributed by atoms with Gasteiger partial charge in [-0.1, -0.05) is 6.07 Å². The number of aromatic nitrogens is 2. The van der Waals surface area contributed by atoms with Crippen LogP contribution >= 0.6 is 0 Å². The molecule has 0 saturated carbocycles. The van der Waals surface area contributed by atoms with Crippen molar-refractivity contribution in [2.45, 2.75) is 20.4 Å². The molecule has 0 bridgehead atoms. The first-order valence-corrected chi connectivity index (χ1v) is 6.39. The fraction of sp³-hybridized carbons (Fsp3) is 0.400. The Bertz CT molecular complexity index is 587. The molecule has 0 aliphatic carbocycles. The fourth-order valence-corrected chi connectivity index (χ4v) is 2.44. The molecule has 4 heteroatoms. The van der Waals surface area contributed by atoms with Gasteiger partial charge in [-0.15, -0.1) is 0 Å². The second kappa shape index (κ2) is 5.45. The van der Waals surface area contributed by atoms with Crippen molar-refractivity contribution in [2.75, 3.05) is 14.2 Å². The average molecular weight is 259 g/mol. The van der Waals surface area contributed by atoms with E-state index in [9.17, 15) is 0 Å². The van der Waals surface area contributed by atoms with Crippen molar-refractivity contribution < 1.29 is 4.74 Å². The Balaban J connectivity index is 2.58. The van der Waals surface area contributed by atoms with Crippen LogP contribution in [0.3, 0.4) is 0 Å². The molecule has 0 atom stereocenters. The normalized spacial score (nSPS) is 10.8. The monoisotopic (exact) mass is 259 g/mol. The van der Waals surface area contributed by atoms with Crippen molar-refractivity contribution in [3.63, 3.8) is 0 Å². The van der Waals surface area contributed by atoms with Crippen molar-refractivity contribution >= 4 is 0 Å². The first-order valence-electron chi connectivity index (χ1n) is 6.39. The number of imidazole rings is 1. The third-order valence-corrected chi connectivity index (χ3v) is 3.32. The van der Waals surface area contributed by atoms with Gasteiger partial charge < -0.3 is 14.6 Å². The smallest absolute Gasteiger partial charge is 0.131 e. The Morgan fingerprint density at radius 2 is 2.05 bits per heavy atom. The van der Waals surface area contributed by atoms with Crippen LogP contribution in [0.5, 0.6) is 5.75 Å². The molecule has 1 aromatic heterocycles. The molecule has 0 radical (unpaired) electrons.